The van der Waals surface area contributed by atoms with E-state index in [2.05, 4.69) is 16.4 Å². The predicted octanol–water partition coefficient (Wildman–Crippen LogP) is 3.23. The molecule has 144 valence electrons. The van der Waals surface area contributed by atoms with Gasteiger partial charge in [-0.25, -0.2) is 4.98 Å². The van der Waals surface area contributed by atoms with E-state index >= 15 is 0 Å². The first-order chi connectivity index (χ1) is 13.2. The Hall–Kier alpha value is -2.85. The Balaban J connectivity index is 1.88. The highest BCUT2D eigenvalue weighted by molar-refractivity contribution is 7.99. The van der Waals surface area contributed by atoms with Crippen molar-refractivity contribution < 1.29 is 4.79 Å². The second-order valence-electron chi connectivity index (χ2n) is 7.28. The molecule has 1 amide bonds. The second-order valence-corrected chi connectivity index (χ2v) is 8.22. The van der Waals surface area contributed by atoms with Crippen molar-refractivity contribution in [3.8, 4) is 6.07 Å². The standard InChI is InChI=1S/C21H22N4O2S/c1-13(2)21(3,12-22)24-18(26)11-28-20-23-17-10-15-8-6-5-7-14(15)9-16(17)19(27)25(20)4/h5-10,13H,11H2,1-4H3,(H,24,26)/t21-/m1/s1. The van der Waals surface area contributed by atoms with Crippen molar-refractivity contribution in [1.82, 2.24) is 14.9 Å². The number of amides is 1. The van der Waals surface area contributed by atoms with E-state index in [0.717, 1.165) is 10.8 Å². The molecule has 3 rings (SSSR count). The highest BCUT2D eigenvalue weighted by Crippen LogP contribution is 2.22. The summed E-state index contributed by atoms with van der Waals surface area (Å²) < 4.78 is 1.46. The van der Waals surface area contributed by atoms with Gasteiger partial charge in [0, 0.05) is 7.05 Å². The van der Waals surface area contributed by atoms with Gasteiger partial charge in [-0.3, -0.25) is 14.2 Å². The van der Waals surface area contributed by atoms with Crippen LogP contribution in [-0.4, -0.2) is 26.8 Å². The maximum absolute atomic E-state index is 12.8. The van der Waals surface area contributed by atoms with Crippen molar-refractivity contribution in [3.63, 3.8) is 0 Å². The molecule has 0 spiro atoms. The molecular formula is C21H22N4O2S. The molecular weight excluding hydrogens is 372 g/mol. The summed E-state index contributed by atoms with van der Waals surface area (Å²) in [6, 6.07) is 13.7. The Morgan fingerprint density at radius 2 is 1.96 bits per heavy atom. The molecule has 0 saturated heterocycles. The van der Waals surface area contributed by atoms with Crippen LogP contribution >= 0.6 is 11.8 Å². The van der Waals surface area contributed by atoms with Gasteiger partial charge in [0.25, 0.3) is 5.56 Å². The lowest BCUT2D eigenvalue weighted by Gasteiger charge is -2.27. The summed E-state index contributed by atoms with van der Waals surface area (Å²) >= 11 is 1.18. The van der Waals surface area contributed by atoms with Gasteiger partial charge in [0.1, 0.15) is 5.54 Å². The van der Waals surface area contributed by atoms with Crippen molar-refractivity contribution in [2.45, 2.75) is 31.5 Å². The summed E-state index contributed by atoms with van der Waals surface area (Å²) in [5, 5.41) is 15.1. The highest BCUT2D eigenvalue weighted by Gasteiger charge is 2.30. The monoisotopic (exact) mass is 394 g/mol. The highest BCUT2D eigenvalue weighted by atomic mass is 32.2. The Morgan fingerprint density at radius 1 is 1.32 bits per heavy atom. The van der Waals surface area contributed by atoms with Crippen LogP contribution in [0.5, 0.6) is 0 Å². The molecule has 0 radical (unpaired) electrons. The Kier molecular flexibility index (Phi) is 5.43. The van der Waals surface area contributed by atoms with Crippen molar-refractivity contribution >= 4 is 39.3 Å². The number of hydrogen-bond donors (Lipinski definition) is 1. The SMILES string of the molecule is CC(C)[C@@](C)(C#N)NC(=O)CSc1nc2cc3ccccc3cc2c(=O)n1C. The maximum Gasteiger partial charge on any atom is 0.261 e. The number of carbonyl (C=O) groups is 1. The van der Waals surface area contributed by atoms with Gasteiger partial charge < -0.3 is 5.32 Å². The largest absolute Gasteiger partial charge is 0.337 e. The van der Waals surface area contributed by atoms with Gasteiger partial charge in [-0.15, -0.1) is 0 Å². The van der Waals surface area contributed by atoms with Crippen LogP contribution in [0.3, 0.4) is 0 Å². The molecule has 0 bridgehead atoms. The van der Waals surface area contributed by atoms with Crippen molar-refractivity contribution in [2.24, 2.45) is 13.0 Å². The third-order valence-corrected chi connectivity index (χ3v) is 6.05. The molecule has 1 atom stereocenters. The topological polar surface area (TPSA) is 87.8 Å². The molecule has 28 heavy (non-hydrogen) atoms. The van der Waals surface area contributed by atoms with Crippen molar-refractivity contribution in [3.05, 3.63) is 46.8 Å². The van der Waals surface area contributed by atoms with Crippen LogP contribution in [-0.2, 0) is 11.8 Å². The van der Waals surface area contributed by atoms with E-state index in [0.29, 0.717) is 16.1 Å². The predicted molar refractivity (Wildman–Crippen MR) is 112 cm³/mol. The third kappa shape index (κ3) is 3.73. The van der Waals surface area contributed by atoms with Crippen LogP contribution < -0.4 is 10.9 Å². The average Bonchev–Trinajstić information content (AvgIpc) is 2.68. The van der Waals surface area contributed by atoms with Gasteiger partial charge in [0.15, 0.2) is 5.16 Å². The van der Waals surface area contributed by atoms with E-state index in [1.165, 1.54) is 16.3 Å². The first-order valence-corrected chi connectivity index (χ1v) is 9.98. The summed E-state index contributed by atoms with van der Waals surface area (Å²) in [7, 11) is 1.65. The van der Waals surface area contributed by atoms with Crippen molar-refractivity contribution in [1.29, 1.82) is 5.26 Å². The number of nitrogens with one attached hydrogen (secondary N) is 1. The number of aromatic nitrogens is 2. The molecule has 0 aliphatic carbocycles. The number of benzene rings is 2. The second kappa shape index (κ2) is 7.64. The number of carbonyl (C=O) groups excluding carboxylic acids is 1. The minimum absolute atomic E-state index is 0.0251. The quantitative estimate of drug-likeness (QED) is 0.408. The Bertz CT molecular complexity index is 1160. The normalized spacial score (nSPS) is 13.4. The molecule has 0 aliphatic rings. The smallest absolute Gasteiger partial charge is 0.261 e. The molecule has 1 N–H and O–H groups in total. The number of thioether (sulfide) groups is 1. The van der Waals surface area contributed by atoms with Crippen LogP contribution in [0.25, 0.3) is 21.7 Å². The van der Waals surface area contributed by atoms with E-state index in [1.54, 1.807) is 14.0 Å². The van der Waals surface area contributed by atoms with Gasteiger partial charge in [-0.1, -0.05) is 49.9 Å². The molecule has 3 aromatic rings. The molecule has 1 aromatic heterocycles. The molecule has 0 unspecified atom stereocenters. The number of rotatable bonds is 5. The van der Waals surface area contributed by atoms with Gasteiger partial charge in [0.05, 0.1) is 22.7 Å². The minimum Gasteiger partial charge on any atom is -0.337 e. The van der Waals surface area contributed by atoms with Gasteiger partial charge in [-0.05, 0) is 35.7 Å². The van der Waals surface area contributed by atoms with Crippen LogP contribution in [0.2, 0.25) is 0 Å². The Morgan fingerprint density at radius 3 is 2.57 bits per heavy atom. The zero-order valence-corrected chi connectivity index (χ0v) is 17.1. The van der Waals surface area contributed by atoms with Gasteiger partial charge in [-0.2, -0.15) is 5.26 Å². The zero-order chi connectivity index (χ0) is 20.5. The van der Waals surface area contributed by atoms with Gasteiger partial charge in [0.2, 0.25) is 5.91 Å². The molecule has 7 heteroatoms. The molecule has 2 aromatic carbocycles. The first kappa shape index (κ1) is 19.9. The van der Waals surface area contributed by atoms with E-state index in [4.69, 9.17) is 0 Å². The fourth-order valence-corrected chi connectivity index (χ4v) is 3.60. The summed E-state index contributed by atoms with van der Waals surface area (Å²) in [5.74, 6) is -0.220. The summed E-state index contributed by atoms with van der Waals surface area (Å²) in [4.78, 5) is 29.7. The number of hydrogen-bond acceptors (Lipinski definition) is 5. The van der Waals surface area contributed by atoms with Crippen LogP contribution in [0.15, 0.2) is 46.3 Å². The lowest BCUT2D eigenvalue weighted by Crippen LogP contribution is -2.49. The van der Waals surface area contributed by atoms with E-state index in [-0.39, 0.29) is 23.1 Å². The maximum atomic E-state index is 12.8. The fraction of sp³-hybridized carbons (Fsp3) is 0.333. The minimum atomic E-state index is -0.931. The molecule has 0 saturated carbocycles. The number of nitriles is 1. The third-order valence-electron chi connectivity index (χ3n) is 5.02. The summed E-state index contributed by atoms with van der Waals surface area (Å²) in [5.41, 5.74) is -0.476. The van der Waals surface area contributed by atoms with E-state index < -0.39 is 5.54 Å². The molecule has 0 fully saturated rings. The first-order valence-electron chi connectivity index (χ1n) is 9.00. The lowest BCUT2D eigenvalue weighted by molar-refractivity contribution is -0.120. The van der Waals surface area contributed by atoms with Crippen LogP contribution in [0.4, 0.5) is 0 Å². The van der Waals surface area contributed by atoms with Crippen LogP contribution in [0.1, 0.15) is 20.8 Å². The molecule has 1 heterocycles. The average molecular weight is 395 g/mol. The number of fused-ring (bicyclic) bond motifs is 2. The molecule has 0 aliphatic heterocycles. The summed E-state index contributed by atoms with van der Waals surface area (Å²) in [6.45, 7) is 5.47. The summed E-state index contributed by atoms with van der Waals surface area (Å²) in [6.07, 6.45) is 0. The fourth-order valence-electron chi connectivity index (χ4n) is 2.82. The van der Waals surface area contributed by atoms with Crippen molar-refractivity contribution in [2.75, 3.05) is 5.75 Å². The Labute approximate surface area is 167 Å². The van der Waals surface area contributed by atoms with E-state index in [1.807, 2.05) is 50.2 Å². The number of nitrogens with zero attached hydrogens (tertiary/aromatic N) is 3. The molecule has 6 nitrogen and oxygen atoms in total. The van der Waals surface area contributed by atoms with Gasteiger partial charge >= 0.3 is 0 Å². The van der Waals surface area contributed by atoms with E-state index in [9.17, 15) is 14.9 Å². The lowest BCUT2D eigenvalue weighted by atomic mass is 9.90. The zero-order valence-electron chi connectivity index (χ0n) is 16.3. The van der Waals surface area contributed by atoms with Crippen LogP contribution in [0, 0.1) is 17.2 Å².